The molecule has 4 atom stereocenters. The van der Waals surface area contributed by atoms with Gasteiger partial charge in [0.2, 0.25) is 5.43 Å². The Balaban J connectivity index is 1.37. The van der Waals surface area contributed by atoms with Gasteiger partial charge < -0.3 is 29.0 Å². The Labute approximate surface area is 264 Å². The molecule has 2 aliphatic heterocycles. The zero-order valence-corrected chi connectivity index (χ0v) is 25.3. The molecule has 11 heteroatoms. The lowest BCUT2D eigenvalue weighted by Gasteiger charge is -2.35. The van der Waals surface area contributed by atoms with E-state index in [2.05, 4.69) is 5.32 Å². The van der Waals surface area contributed by atoms with Crippen molar-refractivity contribution in [3.8, 4) is 5.75 Å². The Kier molecular flexibility index (Phi) is 8.96. The first-order valence-electron chi connectivity index (χ1n) is 15.0. The summed E-state index contributed by atoms with van der Waals surface area (Å²) in [6.07, 6.45) is -0.00843. The van der Waals surface area contributed by atoms with Crippen molar-refractivity contribution in [2.75, 3.05) is 13.7 Å². The molecule has 2 amide bonds. The van der Waals surface area contributed by atoms with Crippen molar-refractivity contribution < 1.29 is 32.6 Å². The van der Waals surface area contributed by atoms with E-state index in [1.54, 1.807) is 18.9 Å². The van der Waals surface area contributed by atoms with Crippen LogP contribution in [0.4, 0.5) is 8.78 Å². The molecule has 2 unspecified atom stereocenters. The molecular weight excluding hydrogens is 596 g/mol. The van der Waals surface area contributed by atoms with Crippen molar-refractivity contribution in [2.45, 2.75) is 50.9 Å². The normalized spacial score (nSPS) is 19.3. The Bertz CT molecular complexity index is 1800. The predicted octanol–water partition coefficient (Wildman–Crippen LogP) is 4.63. The van der Waals surface area contributed by atoms with E-state index < -0.39 is 53.4 Å². The molecule has 1 aromatic heterocycles. The van der Waals surface area contributed by atoms with Gasteiger partial charge in [-0.05, 0) is 24.1 Å². The van der Waals surface area contributed by atoms with E-state index in [1.807, 2.05) is 60.7 Å². The third-order valence-electron chi connectivity index (χ3n) is 8.20. The van der Waals surface area contributed by atoms with E-state index in [4.69, 9.17) is 14.2 Å². The minimum Gasteiger partial charge on any atom is -0.484 e. The minimum atomic E-state index is -0.830. The second-order valence-corrected chi connectivity index (χ2v) is 11.4. The Hall–Kier alpha value is -4.87. The van der Waals surface area contributed by atoms with Crippen molar-refractivity contribution in [3.05, 3.63) is 135 Å². The summed E-state index contributed by atoms with van der Waals surface area (Å²) in [5.74, 6) is -3.12. The van der Waals surface area contributed by atoms with Gasteiger partial charge in [-0.1, -0.05) is 66.7 Å². The molecule has 0 spiro atoms. The highest BCUT2D eigenvalue weighted by atomic mass is 19.1. The first kappa shape index (κ1) is 31.1. The average Bonchev–Trinajstić information content (AvgIpc) is 3.41. The van der Waals surface area contributed by atoms with E-state index >= 15 is 0 Å². The number of pyridine rings is 1. The highest BCUT2D eigenvalue weighted by Gasteiger charge is 2.50. The molecular formula is C35H33F2N3O6. The van der Waals surface area contributed by atoms with Gasteiger partial charge in [-0.3, -0.25) is 14.4 Å². The zero-order chi connectivity index (χ0) is 32.4. The molecule has 9 nitrogen and oxygen atoms in total. The van der Waals surface area contributed by atoms with Crippen LogP contribution in [0, 0.1) is 11.6 Å². The number of nitrogens with zero attached hydrogens (tertiary/aromatic N) is 2. The second-order valence-electron chi connectivity index (χ2n) is 11.4. The van der Waals surface area contributed by atoms with Gasteiger partial charge >= 0.3 is 0 Å². The first-order chi connectivity index (χ1) is 22.2. The Morgan fingerprint density at radius 3 is 2.46 bits per heavy atom. The van der Waals surface area contributed by atoms with Gasteiger partial charge in [-0.2, -0.15) is 0 Å². The zero-order valence-electron chi connectivity index (χ0n) is 25.3. The summed E-state index contributed by atoms with van der Waals surface area (Å²) in [4.78, 5) is 43.3. The molecule has 6 rings (SSSR count). The molecule has 4 aromatic rings. The largest absolute Gasteiger partial charge is 0.484 e. The summed E-state index contributed by atoms with van der Waals surface area (Å²) in [5, 5.41) is 2.54. The highest BCUT2D eigenvalue weighted by molar-refractivity contribution is 5.99. The monoisotopic (exact) mass is 629 g/mol. The number of ether oxygens (including phenoxy) is 3. The van der Waals surface area contributed by atoms with Crippen molar-refractivity contribution in [3.63, 3.8) is 0 Å². The number of aromatic nitrogens is 1. The number of rotatable bonds is 10. The van der Waals surface area contributed by atoms with Crippen molar-refractivity contribution in [1.82, 2.24) is 14.8 Å². The lowest BCUT2D eigenvalue weighted by molar-refractivity contribution is -0.0157. The third kappa shape index (κ3) is 6.16. The van der Waals surface area contributed by atoms with Gasteiger partial charge in [0.1, 0.15) is 29.4 Å². The number of halogens is 2. The van der Waals surface area contributed by atoms with Crippen LogP contribution in [0.5, 0.6) is 5.75 Å². The Morgan fingerprint density at radius 1 is 1.04 bits per heavy atom. The number of hydrogen-bond donors (Lipinski definition) is 1. The van der Waals surface area contributed by atoms with Crippen LogP contribution in [0.3, 0.4) is 0 Å². The fraction of sp³-hybridized carbons (Fsp3) is 0.286. The average molecular weight is 630 g/mol. The minimum absolute atomic E-state index is 0.000653. The molecule has 238 valence electrons. The van der Waals surface area contributed by atoms with Crippen molar-refractivity contribution >= 4 is 11.8 Å². The van der Waals surface area contributed by atoms with Crippen molar-refractivity contribution in [1.29, 1.82) is 0 Å². The number of amides is 2. The van der Waals surface area contributed by atoms with Gasteiger partial charge in [-0.15, -0.1) is 0 Å². The molecule has 1 fully saturated rings. The lowest BCUT2D eigenvalue weighted by Crippen LogP contribution is -2.51. The molecule has 3 heterocycles. The van der Waals surface area contributed by atoms with Crippen LogP contribution >= 0.6 is 0 Å². The van der Waals surface area contributed by atoms with Crippen LogP contribution in [0.25, 0.3) is 0 Å². The van der Waals surface area contributed by atoms with E-state index in [9.17, 15) is 23.2 Å². The molecule has 1 saturated heterocycles. The molecule has 0 aliphatic carbocycles. The third-order valence-corrected chi connectivity index (χ3v) is 8.20. The van der Waals surface area contributed by atoms with Crippen LogP contribution in [0.1, 0.15) is 50.6 Å². The number of nitrogens with one attached hydrogen (secondary N) is 1. The summed E-state index contributed by atoms with van der Waals surface area (Å²) < 4.78 is 47.3. The molecule has 1 N–H and O–H groups in total. The number of carbonyl (C=O) groups is 2. The maximum Gasteiger partial charge on any atom is 0.277 e. The van der Waals surface area contributed by atoms with Crippen LogP contribution in [0.2, 0.25) is 0 Å². The highest BCUT2D eigenvalue weighted by Crippen LogP contribution is 2.40. The summed E-state index contributed by atoms with van der Waals surface area (Å²) in [6, 6.07) is 21.6. The number of fused-ring (bicyclic) bond motifs is 2. The molecule has 3 aromatic carbocycles. The van der Waals surface area contributed by atoms with E-state index in [0.717, 1.165) is 17.2 Å². The number of methoxy groups -OCH3 is 1. The smallest absolute Gasteiger partial charge is 0.277 e. The fourth-order valence-corrected chi connectivity index (χ4v) is 6.07. The first-order valence-corrected chi connectivity index (χ1v) is 15.0. The summed E-state index contributed by atoms with van der Waals surface area (Å²) in [6.45, 7) is 1.79. The van der Waals surface area contributed by atoms with Crippen molar-refractivity contribution in [2.24, 2.45) is 0 Å². The standard InChI is InChI=1S/C35H33F2N3O6/c1-21(15-22-9-5-3-6-10-22)45-33-30-35(43)40-28(20-44-2)32(23-11-7-4-8-12-23)46-29(40)19-39(30)18-26(31(33)41)34(42)38-17-24-13-14-25(36)16-27(24)37/h3-14,16,18,21,28-29,32H,15,17,19-20H2,1-2H3,(H,38,42)/t21?,28-,29?,32-/m0/s1. The lowest BCUT2D eigenvalue weighted by atomic mass is 10.0. The number of carbonyl (C=O) groups excluding carboxylic acids is 2. The van der Waals surface area contributed by atoms with Gasteiger partial charge in [0.25, 0.3) is 11.8 Å². The SMILES string of the molecule is COC[C@H]1[C@H](c2ccccc2)OC2Cn3cc(C(=O)NCc4ccc(F)cc4F)c(=O)c(OC(C)Cc4ccccc4)c3C(=O)N21. The quantitative estimate of drug-likeness (QED) is 0.275. The predicted molar refractivity (Wildman–Crippen MR) is 164 cm³/mol. The number of hydrogen-bond acceptors (Lipinski definition) is 6. The van der Waals surface area contributed by atoms with Gasteiger partial charge in [-0.25, -0.2) is 8.78 Å². The van der Waals surface area contributed by atoms with Gasteiger partial charge in [0.05, 0.1) is 19.2 Å². The van der Waals surface area contributed by atoms with Crippen LogP contribution in [-0.2, 0) is 29.0 Å². The molecule has 0 saturated carbocycles. The van der Waals surface area contributed by atoms with Gasteiger partial charge in [0, 0.05) is 37.9 Å². The molecule has 46 heavy (non-hydrogen) atoms. The molecule has 2 aliphatic rings. The fourth-order valence-electron chi connectivity index (χ4n) is 6.07. The molecule has 0 bridgehead atoms. The summed E-state index contributed by atoms with van der Waals surface area (Å²) in [5.41, 5.74) is 0.803. The van der Waals surface area contributed by atoms with Crippen LogP contribution in [0.15, 0.2) is 89.9 Å². The Morgan fingerprint density at radius 2 is 1.76 bits per heavy atom. The maximum absolute atomic E-state index is 14.3. The topological polar surface area (TPSA) is 99.1 Å². The summed E-state index contributed by atoms with van der Waals surface area (Å²) >= 11 is 0. The van der Waals surface area contributed by atoms with Crippen LogP contribution < -0.4 is 15.5 Å². The number of benzene rings is 3. The maximum atomic E-state index is 14.3. The van der Waals surface area contributed by atoms with Crippen LogP contribution in [-0.4, -0.2) is 53.4 Å². The second kappa shape index (κ2) is 13.2. The van der Waals surface area contributed by atoms with E-state index in [0.29, 0.717) is 12.5 Å². The van der Waals surface area contributed by atoms with E-state index in [1.165, 1.54) is 16.8 Å². The molecule has 0 radical (unpaired) electrons. The van der Waals surface area contributed by atoms with Gasteiger partial charge in [0.15, 0.2) is 17.7 Å². The summed E-state index contributed by atoms with van der Waals surface area (Å²) in [7, 11) is 1.55. The van der Waals surface area contributed by atoms with E-state index in [-0.39, 0.29) is 42.3 Å².